The fraction of sp³-hybridized carbons (Fsp3) is 0.579. The van der Waals surface area contributed by atoms with Gasteiger partial charge < -0.3 is 10.0 Å². The van der Waals surface area contributed by atoms with Gasteiger partial charge in [-0.15, -0.1) is 0 Å². The van der Waals surface area contributed by atoms with Gasteiger partial charge in [-0.2, -0.15) is 4.72 Å². The number of carbonyl (C=O) groups is 2. The predicted molar refractivity (Wildman–Crippen MR) is 102 cm³/mol. The Kier molecular flexibility index (Phi) is 7.00. The Labute approximate surface area is 160 Å². The second kappa shape index (κ2) is 8.84. The summed E-state index contributed by atoms with van der Waals surface area (Å²) < 4.78 is 28.0. The zero-order valence-corrected chi connectivity index (χ0v) is 16.8. The molecule has 1 heterocycles. The molecule has 1 aliphatic rings. The molecule has 1 aromatic carbocycles. The van der Waals surface area contributed by atoms with Crippen molar-refractivity contribution < 1.29 is 23.1 Å². The van der Waals surface area contributed by atoms with E-state index in [0.29, 0.717) is 19.4 Å². The minimum absolute atomic E-state index is 0.0974. The number of carbonyl (C=O) groups excluding carboxylic acids is 1. The predicted octanol–water partition coefficient (Wildman–Crippen LogP) is 2.15. The number of carboxylic acid groups (broad SMARTS) is 1. The maximum absolute atomic E-state index is 13.0. The van der Waals surface area contributed by atoms with Gasteiger partial charge in [-0.3, -0.25) is 9.59 Å². The smallest absolute Gasteiger partial charge is 0.305 e. The van der Waals surface area contributed by atoms with Crippen molar-refractivity contribution in [1.29, 1.82) is 0 Å². The number of sulfonamides is 1. The van der Waals surface area contributed by atoms with Crippen LogP contribution in [0.5, 0.6) is 0 Å². The standard InChI is InChI=1S/C19H28N2O5S/c1-13(2)11-17(19(24)21-10-4-5-15(21)12-18(22)23)20-27(25,26)16-8-6-14(3)7-9-16/h6-9,13,15,17,20H,4-5,10-12H2,1-3H3,(H,22,23). The van der Waals surface area contributed by atoms with Crippen LogP contribution in [0.25, 0.3) is 0 Å². The van der Waals surface area contributed by atoms with Crippen LogP contribution in [0.2, 0.25) is 0 Å². The van der Waals surface area contributed by atoms with Crippen LogP contribution in [0.4, 0.5) is 0 Å². The van der Waals surface area contributed by atoms with Crippen LogP contribution in [0.3, 0.4) is 0 Å². The van der Waals surface area contributed by atoms with E-state index in [0.717, 1.165) is 12.0 Å². The third kappa shape index (κ3) is 5.77. The Morgan fingerprint density at radius 1 is 1.26 bits per heavy atom. The zero-order valence-electron chi connectivity index (χ0n) is 16.0. The normalized spacial score (nSPS) is 18.7. The van der Waals surface area contributed by atoms with E-state index in [-0.39, 0.29) is 29.2 Å². The molecule has 1 aliphatic heterocycles. The van der Waals surface area contributed by atoms with Crippen molar-refractivity contribution in [1.82, 2.24) is 9.62 Å². The molecular weight excluding hydrogens is 368 g/mol. The number of amides is 1. The van der Waals surface area contributed by atoms with Crippen molar-refractivity contribution in [2.45, 2.75) is 63.4 Å². The number of carboxylic acids is 1. The Hall–Kier alpha value is -1.93. The van der Waals surface area contributed by atoms with Gasteiger partial charge in [0.25, 0.3) is 0 Å². The maximum Gasteiger partial charge on any atom is 0.305 e. The molecule has 8 heteroatoms. The number of hydrogen-bond acceptors (Lipinski definition) is 4. The topological polar surface area (TPSA) is 104 Å². The van der Waals surface area contributed by atoms with Crippen molar-refractivity contribution in [3.63, 3.8) is 0 Å². The molecule has 1 aromatic rings. The molecule has 7 nitrogen and oxygen atoms in total. The summed E-state index contributed by atoms with van der Waals surface area (Å²) in [6.45, 7) is 6.15. The lowest BCUT2D eigenvalue weighted by molar-refractivity contribution is -0.140. The highest BCUT2D eigenvalue weighted by atomic mass is 32.2. The second-order valence-electron chi connectivity index (χ2n) is 7.54. The van der Waals surface area contributed by atoms with E-state index >= 15 is 0 Å². The van der Waals surface area contributed by atoms with Crippen molar-refractivity contribution in [2.24, 2.45) is 5.92 Å². The molecule has 0 saturated carbocycles. The number of aryl methyl sites for hydroxylation is 1. The van der Waals surface area contributed by atoms with Gasteiger partial charge in [0.2, 0.25) is 15.9 Å². The molecule has 2 unspecified atom stereocenters. The van der Waals surface area contributed by atoms with Gasteiger partial charge in [-0.05, 0) is 44.2 Å². The maximum atomic E-state index is 13.0. The lowest BCUT2D eigenvalue weighted by Crippen LogP contribution is -2.50. The summed E-state index contributed by atoms with van der Waals surface area (Å²) >= 11 is 0. The number of aliphatic carboxylic acids is 1. The molecule has 1 fully saturated rings. The minimum atomic E-state index is -3.85. The molecule has 2 atom stereocenters. The first-order valence-corrected chi connectivity index (χ1v) is 10.7. The monoisotopic (exact) mass is 396 g/mol. The third-order valence-electron chi connectivity index (χ3n) is 4.70. The van der Waals surface area contributed by atoms with Gasteiger partial charge in [0.15, 0.2) is 0 Å². The van der Waals surface area contributed by atoms with Gasteiger partial charge in [0, 0.05) is 12.6 Å². The molecule has 27 heavy (non-hydrogen) atoms. The molecule has 2 N–H and O–H groups in total. The molecular formula is C19H28N2O5S. The summed E-state index contributed by atoms with van der Waals surface area (Å²) in [6.07, 6.45) is 1.57. The number of hydrogen-bond donors (Lipinski definition) is 2. The van der Waals surface area contributed by atoms with E-state index in [4.69, 9.17) is 5.11 Å². The molecule has 1 saturated heterocycles. The molecule has 0 aliphatic carbocycles. The molecule has 2 rings (SSSR count). The van der Waals surface area contributed by atoms with Crippen LogP contribution < -0.4 is 4.72 Å². The molecule has 150 valence electrons. The van der Waals surface area contributed by atoms with Gasteiger partial charge in [-0.25, -0.2) is 8.42 Å². The SMILES string of the molecule is Cc1ccc(S(=O)(=O)NC(CC(C)C)C(=O)N2CCCC2CC(=O)O)cc1. The van der Waals surface area contributed by atoms with E-state index in [9.17, 15) is 18.0 Å². The first-order valence-electron chi connectivity index (χ1n) is 9.21. The van der Waals surface area contributed by atoms with Crippen LogP contribution in [0.15, 0.2) is 29.2 Å². The Morgan fingerprint density at radius 2 is 1.89 bits per heavy atom. The summed E-state index contributed by atoms with van der Waals surface area (Å²) in [4.78, 5) is 25.7. The Bertz CT molecular complexity index is 774. The second-order valence-corrected chi connectivity index (χ2v) is 9.26. The first-order chi connectivity index (χ1) is 12.6. The van der Waals surface area contributed by atoms with Crippen LogP contribution in [-0.2, 0) is 19.6 Å². The van der Waals surface area contributed by atoms with E-state index in [1.54, 1.807) is 12.1 Å². The molecule has 1 amide bonds. The third-order valence-corrected chi connectivity index (χ3v) is 6.19. The van der Waals surface area contributed by atoms with Crippen molar-refractivity contribution in [2.75, 3.05) is 6.54 Å². The zero-order chi connectivity index (χ0) is 20.2. The number of benzene rings is 1. The number of nitrogens with zero attached hydrogens (tertiary/aromatic N) is 1. The van der Waals surface area contributed by atoms with Gasteiger partial charge in [0.1, 0.15) is 6.04 Å². The molecule has 0 bridgehead atoms. The fourth-order valence-corrected chi connectivity index (χ4v) is 4.59. The molecule has 0 radical (unpaired) electrons. The average molecular weight is 397 g/mol. The van der Waals surface area contributed by atoms with E-state index in [1.807, 2.05) is 20.8 Å². The largest absolute Gasteiger partial charge is 0.481 e. The summed E-state index contributed by atoms with van der Waals surface area (Å²) in [6, 6.07) is 5.14. The molecule has 0 spiro atoms. The highest BCUT2D eigenvalue weighted by Gasteiger charge is 2.36. The van der Waals surface area contributed by atoms with E-state index < -0.39 is 22.0 Å². The fourth-order valence-electron chi connectivity index (χ4n) is 3.38. The van der Waals surface area contributed by atoms with Gasteiger partial charge in [0.05, 0.1) is 11.3 Å². The number of rotatable bonds is 8. The van der Waals surface area contributed by atoms with Gasteiger partial charge in [-0.1, -0.05) is 31.5 Å². The average Bonchev–Trinajstić information content (AvgIpc) is 3.00. The summed E-state index contributed by atoms with van der Waals surface area (Å²) in [5, 5.41) is 9.07. The van der Waals surface area contributed by atoms with Gasteiger partial charge >= 0.3 is 5.97 Å². The highest BCUT2D eigenvalue weighted by molar-refractivity contribution is 7.89. The first kappa shape index (κ1) is 21.4. The Balaban J connectivity index is 2.22. The summed E-state index contributed by atoms with van der Waals surface area (Å²) in [5.41, 5.74) is 0.942. The Morgan fingerprint density at radius 3 is 2.44 bits per heavy atom. The van der Waals surface area contributed by atoms with E-state index in [2.05, 4.69) is 4.72 Å². The van der Waals surface area contributed by atoms with Crippen LogP contribution in [0, 0.1) is 12.8 Å². The van der Waals surface area contributed by atoms with Crippen LogP contribution in [-0.4, -0.2) is 48.9 Å². The molecule has 0 aromatic heterocycles. The quantitative estimate of drug-likeness (QED) is 0.701. The number of likely N-dealkylation sites (tertiary alicyclic amines) is 1. The van der Waals surface area contributed by atoms with Crippen molar-refractivity contribution in [3.05, 3.63) is 29.8 Å². The van der Waals surface area contributed by atoms with Crippen molar-refractivity contribution >= 4 is 21.9 Å². The summed E-state index contributed by atoms with van der Waals surface area (Å²) in [7, 11) is -3.85. The minimum Gasteiger partial charge on any atom is -0.481 e. The van der Waals surface area contributed by atoms with Crippen LogP contribution >= 0.6 is 0 Å². The van der Waals surface area contributed by atoms with E-state index in [1.165, 1.54) is 17.0 Å². The lowest BCUT2D eigenvalue weighted by atomic mass is 10.0. The lowest BCUT2D eigenvalue weighted by Gasteiger charge is -2.29. The van der Waals surface area contributed by atoms with Crippen LogP contribution in [0.1, 0.15) is 45.1 Å². The highest BCUT2D eigenvalue weighted by Crippen LogP contribution is 2.23. The summed E-state index contributed by atoms with van der Waals surface area (Å²) in [5.74, 6) is -1.20. The van der Waals surface area contributed by atoms with Crippen molar-refractivity contribution in [3.8, 4) is 0 Å². The number of nitrogens with one attached hydrogen (secondary N) is 1.